The molecule has 1 atom stereocenters. The van der Waals surface area contributed by atoms with E-state index < -0.39 is 0 Å². The predicted molar refractivity (Wildman–Crippen MR) is 69.7 cm³/mol. The summed E-state index contributed by atoms with van der Waals surface area (Å²) in [5.41, 5.74) is 0. The maximum absolute atomic E-state index is 8.78. The van der Waals surface area contributed by atoms with Crippen LogP contribution in [0.25, 0.3) is 0 Å². The molecule has 1 saturated carbocycles. The van der Waals surface area contributed by atoms with Crippen LogP contribution < -0.4 is 0 Å². The van der Waals surface area contributed by atoms with Gasteiger partial charge in [-0.25, -0.2) is 0 Å². The van der Waals surface area contributed by atoms with Gasteiger partial charge in [-0.1, -0.05) is 19.3 Å². The Balaban J connectivity index is 1.85. The molecule has 3 nitrogen and oxygen atoms in total. The van der Waals surface area contributed by atoms with Gasteiger partial charge < -0.3 is 0 Å². The van der Waals surface area contributed by atoms with E-state index in [-0.39, 0.29) is 0 Å². The first kappa shape index (κ1) is 12.9. The molecule has 0 bridgehead atoms. The summed E-state index contributed by atoms with van der Waals surface area (Å²) in [7, 11) is 2.10. The van der Waals surface area contributed by atoms with Crippen molar-refractivity contribution in [3.8, 4) is 6.07 Å². The number of piperidine rings is 1. The van der Waals surface area contributed by atoms with Gasteiger partial charge in [0.25, 0.3) is 0 Å². The molecule has 2 rings (SSSR count). The zero-order valence-corrected chi connectivity index (χ0v) is 11.1. The summed E-state index contributed by atoms with van der Waals surface area (Å²) < 4.78 is 0. The van der Waals surface area contributed by atoms with Crippen LogP contribution in [0.3, 0.4) is 0 Å². The number of rotatable bonds is 3. The van der Waals surface area contributed by atoms with Crippen molar-refractivity contribution in [1.29, 1.82) is 5.26 Å². The summed E-state index contributed by atoms with van der Waals surface area (Å²) in [5, 5.41) is 8.78. The van der Waals surface area contributed by atoms with Crippen molar-refractivity contribution in [2.24, 2.45) is 0 Å². The molecule has 2 fully saturated rings. The molecule has 1 aliphatic heterocycles. The summed E-state index contributed by atoms with van der Waals surface area (Å²) in [6.45, 7) is 3.04. The molecule has 17 heavy (non-hydrogen) atoms. The molecule has 1 saturated heterocycles. The molecule has 1 aliphatic carbocycles. The van der Waals surface area contributed by atoms with Gasteiger partial charge in [-0.3, -0.25) is 9.80 Å². The average molecular weight is 235 g/mol. The fraction of sp³-hybridized carbons (Fsp3) is 0.929. The van der Waals surface area contributed by atoms with Crippen LogP contribution in [-0.4, -0.2) is 48.6 Å². The number of hydrogen-bond acceptors (Lipinski definition) is 3. The molecule has 0 aromatic carbocycles. The van der Waals surface area contributed by atoms with E-state index in [9.17, 15) is 0 Å². The maximum Gasteiger partial charge on any atom is 0.0866 e. The lowest BCUT2D eigenvalue weighted by atomic mass is 9.92. The van der Waals surface area contributed by atoms with E-state index >= 15 is 0 Å². The van der Waals surface area contributed by atoms with Gasteiger partial charge >= 0.3 is 0 Å². The highest BCUT2D eigenvalue weighted by molar-refractivity contribution is 4.87. The molecule has 0 N–H and O–H groups in total. The third-order valence-corrected chi connectivity index (χ3v) is 4.46. The van der Waals surface area contributed by atoms with Gasteiger partial charge in [0.15, 0.2) is 0 Å². The molecule has 1 unspecified atom stereocenters. The fourth-order valence-corrected chi connectivity index (χ4v) is 3.36. The average Bonchev–Trinajstić information content (AvgIpc) is 2.40. The van der Waals surface area contributed by atoms with Gasteiger partial charge in [-0.15, -0.1) is 0 Å². The molecule has 0 amide bonds. The Labute approximate surface area is 105 Å². The Morgan fingerprint density at radius 2 is 1.94 bits per heavy atom. The van der Waals surface area contributed by atoms with E-state index in [1.165, 1.54) is 58.0 Å². The SMILES string of the molecule is CN(CC#N)C1CCCN(C2CCCCC2)C1. The van der Waals surface area contributed by atoms with Gasteiger partial charge in [-0.05, 0) is 39.3 Å². The number of likely N-dealkylation sites (tertiary alicyclic amines) is 1. The minimum atomic E-state index is 0.573. The Kier molecular flexibility index (Phi) is 4.82. The first-order valence-corrected chi connectivity index (χ1v) is 7.12. The molecule has 2 aliphatic rings. The van der Waals surface area contributed by atoms with Gasteiger partial charge in [-0.2, -0.15) is 5.26 Å². The number of nitrogens with zero attached hydrogens (tertiary/aromatic N) is 3. The summed E-state index contributed by atoms with van der Waals surface area (Å²) in [5.74, 6) is 0. The van der Waals surface area contributed by atoms with Gasteiger partial charge in [0.05, 0.1) is 12.6 Å². The molecule has 96 valence electrons. The highest BCUT2D eigenvalue weighted by atomic mass is 15.2. The Bertz CT molecular complexity index is 265. The molecular formula is C14H25N3. The predicted octanol–water partition coefficient (Wildman–Crippen LogP) is 2.24. The summed E-state index contributed by atoms with van der Waals surface area (Å²) in [6, 6.07) is 3.70. The summed E-state index contributed by atoms with van der Waals surface area (Å²) in [4.78, 5) is 4.93. The van der Waals surface area contributed by atoms with Crippen LogP contribution in [0.15, 0.2) is 0 Å². The molecule has 3 heteroatoms. The van der Waals surface area contributed by atoms with Crippen molar-refractivity contribution in [2.45, 2.75) is 57.0 Å². The largest absolute Gasteiger partial charge is 0.299 e. The van der Waals surface area contributed by atoms with Crippen LogP contribution in [0.4, 0.5) is 0 Å². The van der Waals surface area contributed by atoms with Crippen LogP contribution in [0, 0.1) is 11.3 Å². The van der Waals surface area contributed by atoms with E-state index in [1.807, 2.05) is 0 Å². The number of likely N-dealkylation sites (N-methyl/N-ethyl adjacent to an activating group) is 1. The van der Waals surface area contributed by atoms with Crippen molar-refractivity contribution >= 4 is 0 Å². The third-order valence-electron chi connectivity index (χ3n) is 4.46. The maximum atomic E-state index is 8.78. The highest BCUT2D eigenvalue weighted by Crippen LogP contribution is 2.26. The van der Waals surface area contributed by atoms with Crippen LogP contribution in [0.1, 0.15) is 44.9 Å². The molecule has 0 aromatic heterocycles. The van der Waals surface area contributed by atoms with Crippen LogP contribution in [-0.2, 0) is 0 Å². The van der Waals surface area contributed by atoms with Crippen molar-refractivity contribution < 1.29 is 0 Å². The zero-order valence-electron chi connectivity index (χ0n) is 11.1. The van der Waals surface area contributed by atoms with Gasteiger partial charge in [0.1, 0.15) is 0 Å². The van der Waals surface area contributed by atoms with E-state index in [0.717, 1.165) is 6.04 Å². The van der Waals surface area contributed by atoms with Crippen molar-refractivity contribution in [3.63, 3.8) is 0 Å². The highest BCUT2D eigenvalue weighted by Gasteiger charge is 2.28. The summed E-state index contributed by atoms with van der Waals surface area (Å²) >= 11 is 0. The van der Waals surface area contributed by atoms with Crippen molar-refractivity contribution in [2.75, 3.05) is 26.7 Å². The Morgan fingerprint density at radius 1 is 1.18 bits per heavy atom. The topological polar surface area (TPSA) is 30.3 Å². The normalized spacial score (nSPS) is 28.2. The lowest BCUT2D eigenvalue weighted by Gasteiger charge is -2.42. The van der Waals surface area contributed by atoms with E-state index in [0.29, 0.717) is 12.6 Å². The first-order valence-electron chi connectivity index (χ1n) is 7.12. The number of nitriles is 1. The third kappa shape index (κ3) is 3.43. The molecule has 0 aromatic rings. The minimum Gasteiger partial charge on any atom is -0.299 e. The lowest BCUT2D eigenvalue weighted by Crippen LogP contribution is -2.50. The minimum absolute atomic E-state index is 0.573. The second-order valence-electron chi connectivity index (χ2n) is 5.66. The molecule has 0 radical (unpaired) electrons. The van der Waals surface area contributed by atoms with E-state index in [4.69, 9.17) is 5.26 Å². The quantitative estimate of drug-likeness (QED) is 0.703. The van der Waals surface area contributed by atoms with Crippen LogP contribution >= 0.6 is 0 Å². The van der Waals surface area contributed by atoms with E-state index in [2.05, 4.69) is 22.9 Å². The van der Waals surface area contributed by atoms with Gasteiger partial charge in [0.2, 0.25) is 0 Å². The summed E-state index contributed by atoms with van der Waals surface area (Å²) in [6.07, 6.45) is 9.63. The molecule has 1 heterocycles. The number of hydrogen-bond donors (Lipinski definition) is 0. The second-order valence-corrected chi connectivity index (χ2v) is 5.66. The van der Waals surface area contributed by atoms with Gasteiger partial charge in [0, 0.05) is 18.6 Å². The molecule has 0 spiro atoms. The van der Waals surface area contributed by atoms with Crippen molar-refractivity contribution in [3.05, 3.63) is 0 Å². The smallest absolute Gasteiger partial charge is 0.0866 e. The lowest BCUT2D eigenvalue weighted by molar-refractivity contribution is 0.0741. The first-order chi connectivity index (χ1) is 8.31. The van der Waals surface area contributed by atoms with Crippen molar-refractivity contribution in [1.82, 2.24) is 9.80 Å². The Hall–Kier alpha value is -0.590. The van der Waals surface area contributed by atoms with Crippen LogP contribution in [0.5, 0.6) is 0 Å². The monoisotopic (exact) mass is 235 g/mol. The zero-order chi connectivity index (χ0) is 12.1. The molecular weight excluding hydrogens is 210 g/mol. The second kappa shape index (κ2) is 6.37. The Morgan fingerprint density at radius 3 is 2.65 bits per heavy atom. The fourth-order valence-electron chi connectivity index (χ4n) is 3.36. The van der Waals surface area contributed by atoms with E-state index in [1.54, 1.807) is 0 Å². The van der Waals surface area contributed by atoms with Crippen LogP contribution in [0.2, 0.25) is 0 Å². The standard InChI is InChI=1S/C14H25N3/c1-16(11-9-15)14-8-5-10-17(12-14)13-6-3-2-4-7-13/h13-14H,2-8,10-12H2,1H3.